The van der Waals surface area contributed by atoms with Gasteiger partial charge >= 0.3 is 0 Å². The number of aromatic nitrogens is 4. The Morgan fingerprint density at radius 1 is 1.24 bits per heavy atom. The molecule has 0 N–H and O–H groups in total. The molecule has 3 aromatic rings. The number of hydrogen-bond donors (Lipinski definition) is 0. The summed E-state index contributed by atoms with van der Waals surface area (Å²) in [5.74, 6) is 0.561. The summed E-state index contributed by atoms with van der Waals surface area (Å²) in [6.07, 6.45) is 5.83. The smallest absolute Gasteiger partial charge is 0.177 e. The maximum Gasteiger partial charge on any atom is 0.177 e. The molecule has 0 unspecified atom stereocenters. The van der Waals surface area contributed by atoms with Gasteiger partial charge in [-0.25, -0.2) is 18.4 Å². The number of imidazole rings is 1. The molecule has 0 aliphatic rings. The SMILES string of the molecule is Cc1cnc2c(c1)nc(-c1ccncc1S(C)(=O)=O)n2C. The van der Waals surface area contributed by atoms with Crippen molar-refractivity contribution in [2.75, 3.05) is 6.26 Å². The Bertz CT molecular complexity index is 945. The highest BCUT2D eigenvalue weighted by Gasteiger charge is 2.19. The van der Waals surface area contributed by atoms with Crippen LogP contribution in [-0.4, -0.2) is 34.2 Å². The van der Waals surface area contributed by atoms with Crippen LogP contribution in [0.5, 0.6) is 0 Å². The minimum Gasteiger partial charge on any atom is -0.312 e. The van der Waals surface area contributed by atoms with Crippen LogP contribution >= 0.6 is 0 Å². The summed E-state index contributed by atoms with van der Waals surface area (Å²) in [6.45, 7) is 1.94. The number of pyridine rings is 2. The van der Waals surface area contributed by atoms with Crippen molar-refractivity contribution in [2.45, 2.75) is 11.8 Å². The zero-order valence-electron chi connectivity index (χ0n) is 11.9. The van der Waals surface area contributed by atoms with E-state index in [0.717, 1.165) is 11.1 Å². The lowest BCUT2D eigenvalue weighted by Crippen LogP contribution is -2.03. The fourth-order valence-corrected chi connectivity index (χ4v) is 3.09. The van der Waals surface area contributed by atoms with Crippen LogP contribution in [0.1, 0.15) is 5.56 Å². The van der Waals surface area contributed by atoms with E-state index >= 15 is 0 Å². The van der Waals surface area contributed by atoms with Gasteiger partial charge in [0.25, 0.3) is 0 Å². The molecule has 0 bridgehead atoms. The van der Waals surface area contributed by atoms with Gasteiger partial charge in [-0.2, -0.15) is 0 Å². The fraction of sp³-hybridized carbons (Fsp3) is 0.214. The van der Waals surface area contributed by atoms with E-state index in [4.69, 9.17) is 0 Å². The Balaban J connectivity index is 2.34. The number of sulfone groups is 1. The van der Waals surface area contributed by atoms with Crippen LogP contribution in [0, 0.1) is 6.92 Å². The third kappa shape index (κ3) is 2.29. The minimum atomic E-state index is -3.38. The van der Waals surface area contributed by atoms with Crippen LogP contribution < -0.4 is 0 Å². The Morgan fingerprint density at radius 3 is 2.71 bits per heavy atom. The topological polar surface area (TPSA) is 77.7 Å². The van der Waals surface area contributed by atoms with Crippen LogP contribution in [0.25, 0.3) is 22.6 Å². The molecule has 0 fully saturated rings. The Hall–Kier alpha value is -2.28. The van der Waals surface area contributed by atoms with Crippen molar-refractivity contribution in [1.82, 2.24) is 19.5 Å². The molecule has 0 radical (unpaired) electrons. The summed E-state index contributed by atoms with van der Waals surface area (Å²) in [7, 11) is -1.56. The van der Waals surface area contributed by atoms with E-state index in [-0.39, 0.29) is 4.90 Å². The van der Waals surface area contributed by atoms with Crippen molar-refractivity contribution in [3.63, 3.8) is 0 Å². The molecule has 108 valence electrons. The van der Waals surface area contributed by atoms with E-state index in [9.17, 15) is 8.42 Å². The van der Waals surface area contributed by atoms with Gasteiger partial charge in [-0.05, 0) is 24.6 Å². The number of fused-ring (bicyclic) bond motifs is 1. The molecule has 21 heavy (non-hydrogen) atoms. The molecule has 0 aromatic carbocycles. The molecular formula is C14H14N4O2S. The van der Waals surface area contributed by atoms with Crippen LogP contribution in [0.15, 0.2) is 35.6 Å². The second-order valence-electron chi connectivity index (χ2n) is 4.99. The van der Waals surface area contributed by atoms with E-state index in [2.05, 4.69) is 15.0 Å². The summed E-state index contributed by atoms with van der Waals surface area (Å²) < 4.78 is 25.6. The van der Waals surface area contributed by atoms with Crippen molar-refractivity contribution in [1.29, 1.82) is 0 Å². The first-order chi connectivity index (χ1) is 9.88. The van der Waals surface area contributed by atoms with Crippen LogP contribution in [0.2, 0.25) is 0 Å². The molecule has 3 aromatic heterocycles. The van der Waals surface area contributed by atoms with Gasteiger partial charge in [0.2, 0.25) is 0 Å². The van der Waals surface area contributed by atoms with Crippen LogP contribution in [0.4, 0.5) is 0 Å². The zero-order valence-corrected chi connectivity index (χ0v) is 12.7. The van der Waals surface area contributed by atoms with E-state index in [1.54, 1.807) is 23.0 Å². The van der Waals surface area contributed by atoms with E-state index in [0.29, 0.717) is 17.0 Å². The second kappa shape index (κ2) is 4.63. The molecule has 0 amide bonds. The first kappa shape index (κ1) is 13.7. The number of aryl methyl sites for hydroxylation is 2. The quantitative estimate of drug-likeness (QED) is 0.720. The zero-order chi connectivity index (χ0) is 15.2. The predicted molar refractivity (Wildman–Crippen MR) is 79.6 cm³/mol. The van der Waals surface area contributed by atoms with Crippen molar-refractivity contribution in [3.05, 3.63) is 36.3 Å². The lowest BCUT2D eigenvalue weighted by atomic mass is 10.2. The molecular weight excluding hydrogens is 288 g/mol. The normalized spacial score (nSPS) is 12.0. The highest BCUT2D eigenvalue weighted by atomic mass is 32.2. The molecule has 3 rings (SSSR count). The number of rotatable bonds is 2. The van der Waals surface area contributed by atoms with E-state index in [1.165, 1.54) is 12.5 Å². The summed E-state index contributed by atoms with van der Waals surface area (Å²) in [5, 5.41) is 0. The molecule has 3 heterocycles. The maximum absolute atomic E-state index is 11.9. The molecule has 7 heteroatoms. The molecule has 0 aliphatic carbocycles. The summed E-state index contributed by atoms with van der Waals surface area (Å²) in [6, 6.07) is 3.58. The third-order valence-corrected chi connectivity index (χ3v) is 4.39. The van der Waals surface area contributed by atoms with Crippen LogP contribution in [0.3, 0.4) is 0 Å². The van der Waals surface area contributed by atoms with Gasteiger partial charge in [0.05, 0.1) is 4.90 Å². The summed E-state index contributed by atoms with van der Waals surface area (Å²) >= 11 is 0. The fourth-order valence-electron chi connectivity index (χ4n) is 2.28. The number of hydrogen-bond acceptors (Lipinski definition) is 5. The van der Waals surface area contributed by atoms with Gasteiger partial charge in [-0.3, -0.25) is 4.98 Å². The Labute approximate surface area is 122 Å². The molecule has 0 atom stereocenters. The van der Waals surface area contributed by atoms with Gasteiger partial charge in [-0.1, -0.05) is 0 Å². The lowest BCUT2D eigenvalue weighted by molar-refractivity contribution is 0.601. The van der Waals surface area contributed by atoms with Gasteiger partial charge < -0.3 is 4.57 Å². The van der Waals surface area contributed by atoms with Gasteiger partial charge in [-0.15, -0.1) is 0 Å². The monoisotopic (exact) mass is 302 g/mol. The molecule has 0 saturated heterocycles. The molecule has 0 aliphatic heterocycles. The third-order valence-electron chi connectivity index (χ3n) is 3.27. The van der Waals surface area contributed by atoms with Gasteiger partial charge in [0.1, 0.15) is 11.3 Å². The van der Waals surface area contributed by atoms with E-state index < -0.39 is 9.84 Å². The van der Waals surface area contributed by atoms with E-state index in [1.807, 2.05) is 20.0 Å². The summed E-state index contributed by atoms with van der Waals surface area (Å²) in [4.78, 5) is 12.9. The largest absolute Gasteiger partial charge is 0.312 e. The highest BCUT2D eigenvalue weighted by molar-refractivity contribution is 7.90. The standard InChI is InChI=1S/C14H14N4O2S/c1-9-6-11-14(16-7-9)18(2)13(17-11)10-4-5-15-8-12(10)21(3,19)20/h4-8H,1-3H3. The average molecular weight is 302 g/mol. The molecule has 6 nitrogen and oxygen atoms in total. The minimum absolute atomic E-state index is 0.167. The maximum atomic E-state index is 11.9. The Kier molecular flexibility index (Phi) is 3.02. The Morgan fingerprint density at radius 2 is 2.00 bits per heavy atom. The first-order valence-corrected chi connectivity index (χ1v) is 8.20. The second-order valence-corrected chi connectivity index (χ2v) is 6.98. The van der Waals surface area contributed by atoms with Crippen molar-refractivity contribution in [3.8, 4) is 11.4 Å². The van der Waals surface area contributed by atoms with Gasteiger partial charge in [0, 0.05) is 37.5 Å². The van der Waals surface area contributed by atoms with Crippen molar-refractivity contribution >= 4 is 21.0 Å². The van der Waals surface area contributed by atoms with Crippen LogP contribution in [-0.2, 0) is 16.9 Å². The lowest BCUT2D eigenvalue weighted by Gasteiger charge is -2.06. The number of nitrogens with zero attached hydrogens (tertiary/aromatic N) is 4. The van der Waals surface area contributed by atoms with Crippen molar-refractivity contribution in [2.24, 2.45) is 7.05 Å². The molecule has 0 spiro atoms. The summed E-state index contributed by atoms with van der Waals surface area (Å²) in [5.41, 5.74) is 2.99. The predicted octanol–water partition coefficient (Wildman–Crippen LogP) is 1.74. The first-order valence-electron chi connectivity index (χ1n) is 6.31. The average Bonchev–Trinajstić information content (AvgIpc) is 2.74. The molecule has 0 saturated carbocycles. The van der Waals surface area contributed by atoms with Crippen molar-refractivity contribution < 1.29 is 8.42 Å². The van der Waals surface area contributed by atoms with Gasteiger partial charge in [0.15, 0.2) is 15.5 Å². The highest BCUT2D eigenvalue weighted by Crippen LogP contribution is 2.27.